The standard InChI is InChI=1S/C16H21N3O3S/c1-13-12-14(2)19(18-13)10-9-17-16(20)8-11-23(21,22)15-6-4-3-5-7-15/h3-7,12H,8-11H2,1-2H3,(H,17,20). The molecule has 0 fully saturated rings. The van der Waals surface area contributed by atoms with Crippen LogP contribution in [0.3, 0.4) is 0 Å². The highest BCUT2D eigenvalue weighted by molar-refractivity contribution is 7.91. The van der Waals surface area contributed by atoms with Crippen LogP contribution in [0.2, 0.25) is 0 Å². The SMILES string of the molecule is Cc1cc(C)n(CCNC(=O)CCS(=O)(=O)c2ccccc2)n1. The Balaban J connectivity index is 1.78. The van der Waals surface area contributed by atoms with Gasteiger partial charge in [-0.2, -0.15) is 5.10 Å². The van der Waals surface area contributed by atoms with Crippen LogP contribution >= 0.6 is 0 Å². The number of rotatable bonds is 7. The van der Waals surface area contributed by atoms with Gasteiger partial charge in [-0.05, 0) is 32.0 Å². The maximum absolute atomic E-state index is 12.1. The number of nitrogens with zero attached hydrogens (tertiary/aromatic N) is 2. The van der Waals surface area contributed by atoms with Crippen molar-refractivity contribution in [1.82, 2.24) is 15.1 Å². The Kier molecular flexibility index (Phi) is 5.54. The van der Waals surface area contributed by atoms with Crippen molar-refractivity contribution in [2.45, 2.75) is 31.7 Å². The molecule has 7 heteroatoms. The fraction of sp³-hybridized carbons (Fsp3) is 0.375. The Morgan fingerprint density at radius 2 is 1.91 bits per heavy atom. The van der Waals surface area contributed by atoms with E-state index in [1.165, 1.54) is 12.1 Å². The quantitative estimate of drug-likeness (QED) is 0.831. The molecule has 2 aromatic rings. The second kappa shape index (κ2) is 7.41. The summed E-state index contributed by atoms with van der Waals surface area (Å²) in [5, 5.41) is 7.03. The smallest absolute Gasteiger partial charge is 0.221 e. The van der Waals surface area contributed by atoms with Gasteiger partial charge in [-0.25, -0.2) is 8.42 Å². The molecule has 0 radical (unpaired) electrons. The largest absolute Gasteiger partial charge is 0.354 e. The first-order valence-electron chi connectivity index (χ1n) is 7.44. The van der Waals surface area contributed by atoms with Crippen molar-refractivity contribution in [1.29, 1.82) is 0 Å². The lowest BCUT2D eigenvalue weighted by Crippen LogP contribution is -2.29. The Hall–Kier alpha value is -2.15. The molecule has 1 aromatic carbocycles. The van der Waals surface area contributed by atoms with Crippen LogP contribution in [0.5, 0.6) is 0 Å². The highest BCUT2D eigenvalue weighted by Gasteiger charge is 2.15. The number of hydrogen-bond donors (Lipinski definition) is 1. The third-order valence-electron chi connectivity index (χ3n) is 3.45. The first-order valence-corrected chi connectivity index (χ1v) is 9.09. The van der Waals surface area contributed by atoms with Gasteiger partial charge < -0.3 is 5.32 Å². The van der Waals surface area contributed by atoms with Crippen molar-refractivity contribution in [3.8, 4) is 0 Å². The second-order valence-electron chi connectivity index (χ2n) is 5.38. The summed E-state index contributed by atoms with van der Waals surface area (Å²) in [6.45, 7) is 4.85. The van der Waals surface area contributed by atoms with Crippen LogP contribution in [0, 0.1) is 13.8 Å². The molecule has 0 spiro atoms. The van der Waals surface area contributed by atoms with E-state index in [2.05, 4.69) is 10.4 Å². The van der Waals surface area contributed by atoms with E-state index < -0.39 is 9.84 Å². The van der Waals surface area contributed by atoms with Crippen LogP contribution in [0.1, 0.15) is 17.8 Å². The minimum absolute atomic E-state index is 0.0473. The van der Waals surface area contributed by atoms with E-state index in [0.29, 0.717) is 13.1 Å². The highest BCUT2D eigenvalue weighted by Crippen LogP contribution is 2.10. The van der Waals surface area contributed by atoms with E-state index in [-0.39, 0.29) is 23.0 Å². The van der Waals surface area contributed by atoms with Crippen LogP contribution < -0.4 is 5.32 Å². The van der Waals surface area contributed by atoms with Gasteiger partial charge in [0.05, 0.1) is 22.9 Å². The number of hydrogen-bond acceptors (Lipinski definition) is 4. The van der Waals surface area contributed by atoms with E-state index >= 15 is 0 Å². The Labute approximate surface area is 136 Å². The third kappa shape index (κ3) is 4.92. The minimum atomic E-state index is -3.41. The van der Waals surface area contributed by atoms with Crippen molar-refractivity contribution in [2.75, 3.05) is 12.3 Å². The zero-order chi connectivity index (χ0) is 16.9. The third-order valence-corrected chi connectivity index (χ3v) is 5.18. The molecule has 1 N–H and O–H groups in total. The number of amides is 1. The number of carbonyl (C=O) groups excluding carboxylic acids is 1. The Morgan fingerprint density at radius 1 is 1.22 bits per heavy atom. The fourth-order valence-electron chi connectivity index (χ4n) is 2.26. The summed E-state index contributed by atoms with van der Waals surface area (Å²) in [4.78, 5) is 12.0. The van der Waals surface area contributed by atoms with Gasteiger partial charge in [0.1, 0.15) is 0 Å². The first kappa shape index (κ1) is 17.2. The molecule has 2 rings (SSSR count). The van der Waals surface area contributed by atoms with Gasteiger partial charge in [0, 0.05) is 18.7 Å². The molecule has 1 heterocycles. The van der Waals surface area contributed by atoms with Crippen molar-refractivity contribution >= 4 is 15.7 Å². The molecule has 23 heavy (non-hydrogen) atoms. The van der Waals surface area contributed by atoms with Crippen molar-refractivity contribution in [3.05, 3.63) is 47.8 Å². The number of aromatic nitrogens is 2. The topological polar surface area (TPSA) is 81.1 Å². The molecule has 0 unspecified atom stereocenters. The molecule has 124 valence electrons. The zero-order valence-corrected chi connectivity index (χ0v) is 14.1. The van der Waals surface area contributed by atoms with E-state index in [1.54, 1.807) is 18.2 Å². The summed E-state index contributed by atoms with van der Waals surface area (Å²) in [5.41, 5.74) is 1.96. The zero-order valence-electron chi connectivity index (χ0n) is 13.3. The number of benzene rings is 1. The molecule has 0 saturated heterocycles. The van der Waals surface area contributed by atoms with Crippen LogP contribution in [0.4, 0.5) is 0 Å². The number of carbonyl (C=O) groups is 1. The van der Waals surface area contributed by atoms with E-state index in [0.717, 1.165) is 11.4 Å². The molecule has 0 bridgehead atoms. The second-order valence-corrected chi connectivity index (χ2v) is 7.49. The molecule has 0 atom stereocenters. The molecule has 0 aliphatic heterocycles. The first-order chi connectivity index (χ1) is 10.9. The molecule has 1 aromatic heterocycles. The van der Waals surface area contributed by atoms with E-state index in [1.807, 2.05) is 24.6 Å². The molecule has 0 aliphatic rings. The maximum atomic E-state index is 12.1. The van der Waals surface area contributed by atoms with Gasteiger partial charge in [0.15, 0.2) is 9.84 Å². The average molecular weight is 335 g/mol. The van der Waals surface area contributed by atoms with Gasteiger partial charge in [-0.15, -0.1) is 0 Å². The lowest BCUT2D eigenvalue weighted by molar-refractivity contribution is -0.120. The summed E-state index contributed by atoms with van der Waals surface area (Å²) in [5.74, 6) is -0.464. The van der Waals surface area contributed by atoms with Crippen molar-refractivity contribution in [3.63, 3.8) is 0 Å². The molecule has 0 aliphatic carbocycles. The monoisotopic (exact) mass is 335 g/mol. The summed E-state index contributed by atoms with van der Waals surface area (Å²) in [6, 6.07) is 10.1. The van der Waals surface area contributed by atoms with Gasteiger partial charge in [-0.3, -0.25) is 9.48 Å². The molecule has 0 saturated carbocycles. The summed E-state index contributed by atoms with van der Waals surface area (Å²) in [6.07, 6.45) is -0.0473. The maximum Gasteiger partial charge on any atom is 0.221 e. The predicted molar refractivity (Wildman–Crippen MR) is 87.8 cm³/mol. The van der Waals surface area contributed by atoms with Gasteiger partial charge in [-0.1, -0.05) is 18.2 Å². The molecule has 6 nitrogen and oxygen atoms in total. The molecule has 1 amide bonds. The Morgan fingerprint density at radius 3 is 2.52 bits per heavy atom. The fourth-order valence-corrected chi connectivity index (χ4v) is 3.53. The summed E-state index contributed by atoms with van der Waals surface area (Å²) < 4.78 is 26.0. The predicted octanol–water partition coefficient (Wildman–Crippen LogP) is 1.48. The van der Waals surface area contributed by atoms with Crippen LogP contribution in [-0.2, 0) is 21.2 Å². The normalized spacial score (nSPS) is 11.4. The average Bonchev–Trinajstić information content (AvgIpc) is 2.84. The van der Waals surface area contributed by atoms with Gasteiger partial charge >= 0.3 is 0 Å². The highest BCUT2D eigenvalue weighted by atomic mass is 32.2. The summed E-state index contributed by atoms with van der Waals surface area (Å²) in [7, 11) is -3.41. The lowest BCUT2D eigenvalue weighted by atomic mass is 10.4. The van der Waals surface area contributed by atoms with Crippen LogP contribution in [0.25, 0.3) is 0 Å². The molecular weight excluding hydrogens is 314 g/mol. The number of aryl methyl sites for hydroxylation is 2. The lowest BCUT2D eigenvalue weighted by Gasteiger charge is -2.07. The van der Waals surface area contributed by atoms with Gasteiger partial charge in [0.2, 0.25) is 5.91 Å². The van der Waals surface area contributed by atoms with Crippen LogP contribution in [0.15, 0.2) is 41.3 Å². The minimum Gasteiger partial charge on any atom is -0.354 e. The van der Waals surface area contributed by atoms with Crippen molar-refractivity contribution < 1.29 is 13.2 Å². The Bertz CT molecular complexity index is 767. The van der Waals surface area contributed by atoms with Gasteiger partial charge in [0.25, 0.3) is 0 Å². The number of sulfone groups is 1. The van der Waals surface area contributed by atoms with Crippen LogP contribution in [-0.4, -0.2) is 36.4 Å². The summed E-state index contributed by atoms with van der Waals surface area (Å²) >= 11 is 0. The van der Waals surface area contributed by atoms with E-state index in [4.69, 9.17) is 0 Å². The van der Waals surface area contributed by atoms with E-state index in [9.17, 15) is 13.2 Å². The van der Waals surface area contributed by atoms with Crippen molar-refractivity contribution in [2.24, 2.45) is 0 Å². The number of nitrogens with one attached hydrogen (secondary N) is 1. The molecular formula is C16H21N3O3S.